The van der Waals surface area contributed by atoms with Crippen molar-refractivity contribution in [1.82, 2.24) is 9.88 Å². The van der Waals surface area contributed by atoms with Gasteiger partial charge in [0.15, 0.2) is 0 Å². The van der Waals surface area contributed by atoms with Crippen LogP contribution in [-0.2, 0) is 13.1 Å². The second-order valence-corrected chi connectivity index (χ2v) is 6.40. The van der Waals surface area contributed by atoms with E-state index in [-0.39, 0.29) is 5.91 Å². The number of halogens is 2. The molecule has 0 atom stereocenters. The van der Waals surface area contributed by atoms with Gasteiger partial charge in [-0.1, -0.05) is 18.5 Å². The van der Waals surface area contributed by atoms with Crippen LogP contribution >= 0.6 is 38.9 Å². The molecule has 1 N–H and O–H groups in total. The molecule has 0 unspecified atom stereocenters. The van der Waals surface area contributed by atoms with Crippen LogP contribution in [-0.4, -0.2) is 10.5 Å². The van der Waals surface area contributed by atoms with Gasteiger partial charge in [0.05, 0.1) is 11.6 Å². The topological polar surface area (TPSA) is 34.0 Å². The fourth-order valence-electron chi connectivity index (χ4n) is 1.79. The number of aromatic nitrogens is 1. The van der Waals surface area contributed by atoms with E-state index in [1.165, 1.54) is 0 Å². The molecule has 0 radical (unpaired) electrons. The fourth-order valence-corrected chi connectivity index (χ4v) is 3.45. The Hall–Kier alpha value is -0.780. The SMILES string of the molecule is CCCn1cc(Cl)cc1C(=O)NCc1sccc1Br. The molecule has 2 aromatic heterocycles. The Morgan fingerprint density at radius 1 is 1.58 bits per heavy atom. The van der Waals surface area contributed by atoms with Crippen molar-refractivity contribution in [3.8, 4) is 0 Å². The van der Waals surface area contributed by atoms with Gasteiger partial charge in [0.1, 0.15) is 5.69 Å². The maximum Gasteiger partial charge on any atom is 0.268 e. The molecule has 102 valence electrons. The number of thiophene rings is 1. The van der Waals surface area contributed by atoms with Gasteiger partial charge in [-0.15, -0.1) is 11.3 Å². The van der Waals surface area contributed by atoms with Gasteiger partial charge in [-0.25, -0.2) is 0 Å². The van der Waals surface area contributed by atoms with Crippen LogP contribution < -0.4 is 5.32 Å². The van der Waals surface area contributed by atoms with Crippen molar-refractivity contribution in [2.75, 3.05) is 0 Å². The second-order valence-electron chi connectivity index (χ2n) is 4.11. The molecule has 1 amide bonds. The predicted octanol–water partition coefficient (Wildman–Crippen LogP) is 4.31. The van der Waals surface area contributed by atoms with Crippen molar-refractivity contribution < 1.29 is 4.79 Å². The van der Waals surface area contributed by atoms with Crippen LogP contribution in [0, 0.1) is 0 Å². The molecule has 0 fully saturated rings. The monoisotopic (exact) mass is 360 g/mol. The summed E-state index contributed by atoms with van der Waals surface area (Å²) in [6.07, 6.45) is 2.75. The van der Waals surface area contributed by atoms with Gasteiger partial charge >= 0.3 is 0 Å². The molecule has 6 heteroatoms. The molecule has 0 aliphatic heterocycles. The summed E-state index contributed by atoms with van der Waals surface area (Å²) in [6, 6.07) is 3.68. The summed E-state index contributed by atoms with van der Waals surface area (Å²) in [5.41, 5.74) is 0.611. The van der Waals surface area contributed by atoms with Crippen LogP contribution in [0.2, 0.25) is 5.02 Å². The van der Waals surface area contributed by atoms with E-state index < -0.39 is 0 Å². The lowest BCUT2D eigenvalue weighted by Crippen LogP contribution is -2.25. The van der Waals surface area contributed by atoms with Crippen LogP contribution in [0.15, 0.2) is 28.2 Å². The van der Waals surface area contributed by atoms with Crippen molar-refractivity contribution in [2.45, 2.75) is 26.4 Å². The zero-order valence-electron chi connectivity index (χ0n) is 10.5. The fraction of sp³-hybridized carbons (Fsp3) is 0.308. The van der Waals surface area contributed by atoms with E-state index >= 15 is 0 Å². The smallest absolute Gasteiger partial charge is 0.268 e. The number of rotatable bonds is 5. The maximum atomic E-state index is 12.2. The number of carbonyl (C=O) groups is 1. The molecule has 0 saturated heterocycles. The molecule has 0 bridgehead atoms. The summed E-state index contributed by atoms with van der Waals surface area (Å²) in [4.78, 5) is 13.3. The molecule has 0 aromatic carbocycles. The van der Waals surface area contributed by atoms with Gasteiger partial charge in [0, 0.05) is 22.1 Å². The quantitative estimate of drug-likeness (QED) is 0.846. The number of hydrogen-bond acceptors (Lipinski definition) is 2. The lowest BCUT2D eigenvalue weighted by Gasteiger charge is -2.08. The van der Waals surface area contributed by atoms with Crippen molar-refractivity contribution in [3.05, 3.63) is 43.8 Å². The van der Waals surface area contributed by atoms with Crippen molar-refractivity contribution in [3.63, 3.8) is 0 Å². The van der Waals surface area contributed by atoms with E-state index in [9.17, 15) is 4.79 Å². The standard InChI is InChI=1S/C13H14BrClN2OS/c1-2-4-17-8-9(15)6-11(17)13(18)16-7-12-10(14)3-5-19-12/h3,5-6,8H,2,4,7H2,1H3,(H,16,18). The van der Waals surface area contributed by atoms with Gasteiger partial charge in [-0.2, -0.15) is 0 Å². The Kier molecular flexibility index (Phi) is 5.07. The zero-order chi connectivity index (χ0) is 13.8. The summed E-state index contributed by atoms with van der Waals surface area (Å²) in [7, 11) is 0. The van der Waals surface area contributed by atoms with Crippen LogP contribution in [0.1, 0.15) is 28.7 Å². The molecule has 0 aliphatic rings. The Bertz CT molecular complexity index is 579. The third kappa shape index (κ3) is 3.61. The van der Waals surface area contributed by atoms with Gasteiger partial charge in [-0.05, 0) is 39.9 Å². The Morgan fingerprint density at radius 3 is 3.00 bits per heavy atom. The highest BCUT2D eigenvalue weighted by Gasteiger charge is 2.13. The third-order valence-corrected chi connectivity index (χ3v) is 4.79. The molecule has 0 saturated carbocycles. The number of hydrogen-bond donors (Lipinski definition) is 1. The number of nitrogens with zero attached hydrogens (tertiary/aromatic N) is 1. The van der Waals surface area contributed by atoms with E-state index in [2.05, 4.69) is 28.2 Å². The molecule has 0 spiro atoms. The van der Waals surface area contributed by atoms with Gasteiger partial charge in [0.2, 0.25) is 0 Å². The predicted molar refractivity (Wildman–Crippen MR) is 82.9 cm³/mol. The molecule has 19 heavy (non-hydrogen) atoms. The lowest BCUT2D eigenvalue weighted by atomic mass is 10.3. The summed E-state index contributed by atoms with van der Waals surface area (Å²) in [5.74, 6) is -0.0966. The van der Waals surface area contributed by atoms with Crippen molar-refractivity contribution in [2.24, 2.45) is 0 Å². The number of carbonyl (C=O) groups excluding carboxylic acids is 1. The van der Waals surface area contributed by atoms with Crippen LogP contribution in [0.5, 0.6) is 0 Å². The van der Waals surface area contributed by atoms with Crippen LogP contribution in [0.4, 0.5) is 0 Å². The minimum Gasteiger partial charge on any atom is -0.346 e. The highest BCUT2D eigenvalue weighted by molar-refractivity contribution is 9.10. The summed E-state index contributed by atoms with van der Waals surface area (Å²) < 4.78 is 2.92. The molecule has 2 rings (SSSR count). The van der Waals surface area contributed by atoms with E-state index in [0.29, 0.717) is 17.3 Å². The molecule has 2 heterocycles. The largest absolute Gasteiger partial charge is 0.346 e. The number of nitrogens with one attached hydrogen (secondary N) is 1. The zero-order valence-corrected chi connectivity index (χ0v) is 13.6. The van der Waals surface area contributed by atoms with E-state index in [4.69, 9.17) is 11.6 Å². The highest BCUT2D eigenvalue weighted by atomic mass is 79.9. The minimum atomic E-state index is -0.0966. The first-order valence-electron chi connectivity index (χ1n) is 5.97. The molecular formula is C13H14BrClN2OS. The highest BCUT2D eigenvalue weighted by Crippen LogP contribution is 2.22. The first-order valence-corrected chi connectivity index (χ1v) is 8.02. The lowest BCUT2D eigenvalue weighted by molar-refractivity contribution is 0.0942. The average Bonchev–Trinajstić information content (AvgIpc) is 2.93. The van der Waals surface area contributed by atoms with Gasteiger partial charge < -0.3 is 9.88 Å². The van der Waals surface area contributed by atoms with Gasteiger partial charge in [-0.3, -0.25) is 4.79 Å². The normalized spacial score (nSPS) is 10.7. The van der Waals surface area contributed by atoms with E-state index in [0.717, 1.165) is 22.3 Å². The minimum absolute atomic E-state index is 0.0966. The number of aryl methyl sites for hydroxylation is 1. The van der Waals surface area contributed by atoms with Gasteiger partial charge in [0.25, 0.3) is 5.91 Å². The average molecular weight is 362 g/mol. The molecule has 3 nitrogen and oxygen atoms in total. The summed E-state index contributed by atoms with van der Waals surface area (Å²) in [5, 5.41) is 5.50. The second kappa shape index (κ2) is 6.59. The Balaban J connectivity index is 2.05. The summed E-state index contributed by atoms with van der Waals surface area (Å²) in [6.45, 7) is 3.38. The molecular weight excluding hydrogens is 348 g/mol. The Labute approximate surface area is 129 Å². The molecule has 0 aliphatic carbocycles. The first-order chi connectivity index (χ1) is 9.11. The Morgan fingerprint density at radius 2 is 2.37 bits per heavy atom. The molecule has 2 aromatic rings. The summed E-state index contributed by atoms with van der Waals surface area (Å²) >= 11 is 11.0. The van der Waals surface area contributed by atoms with Crippen LogP contribution in [0.3, 0.4) is 0 Å². The van der Waals surface area contributed by atoms with Crippen molar-refractivity contribution in [1.29, 1.82) is 0 Å². The maximum absolute atomic E-state index is 12.2. The number of amides is 1. The third-order valence-electron chi connectivity index (χ3n) is 2.66. The van der Waals surface area contributed by atoms with Crippen molar-refractivity contribution >= 4 is 44.8 Å². The van der Waals surface area contributed by atoms with E-state index in [1.807, 2.05) is 16.0 Å². The first kappa shape index (κ1) is 14.6. The van der Waals surface area contributed by atoms with E-state index in [1.54, 1.807) is 23.6 Å². The van der Waals surface area contributed by atoms with Crippen LogP contribution in [0.25, 0.3) is 0 Å².